The molecule has 28 nitrogen and oxygen atoms in total. The lowest BCUT2D eigenvalue weighted by Gasteiger charge is -2.18. The molecular weight excluding hydrogens is 1440 g/mol. The summed E-state index contributed by atoms with van der Waals surface area (Å²) in [6.45, 7) is 3.08. The quantitative estimate of drug-likeness (QED) is 0.0344. The number of benzene rings is 9. The van der Waals surface area contributed by atoms with Crippen LogP contribution in [0.15, 0.2) is 182 Å². The third-order valence-corrected chi connectivity index (χ3v) is 17.7. The second kappa shape index (κ2) is 38.2. The van der Waals surface area contributed by atoms with E-state index in [1.54, 1.807) is 99.4 Å². The van der Waals surface area contributed by atoms with Gasteiger partial charge in [0.25, 0.3) is 0 Å². The molecule has 0 aliphatic rings. The number of rotatable bonds is 42. The van der Waals surface area contributed by atoms with Crippen molar-refractivity contribution in [3.05, 3.63) is 250 Å². The Balaban J connectivity index is 0.826. The number of ether oxygens (including phenoxy) is 18. The minimum atomic E-state index is 0.208. The van der Waals surface area contributed by atoms with Crippen molar-refractivity contribution in [1.29, 1.82) is 0 Å². The van der Waals surface area contributed by atoms with Crippen molar-refractivity contribution in [1.82, 2.24) is 49.9 Å². The minimum Gasteiger partial charge on any atom is -0.497 e. The summed E-state index contributed by atoms with van der Waals surface area (Å²) < 4.78 is 111. The highest BCUT2D eigenvalue weighted by atomic mass is 16.5. The van der Waals surface area contributed by atoms with Gasteiger partial charge in [0.05, 0.1) is 141 Å². The largest absolute Gasteiger partial charge is 0.497 e. The van der Waals surface area contributed by atoms with Gasteiger partial charge in [0.1, 0.15) is 143 Å². The molecule has 0 N–H and O–H groups in total. The first-order valence-corrected chi connectivity index (χ1v) is 35.5. The molecule has 0 atom stereocenters. The molecule has 0 fully saturated rings. The summed E-state index contributed by atoms with van der Waals surface area (Å²) >= 11 is 0. The van der Waals surface area contributed by atoms with Crippen molar-refractivity contribution in [3.63, 3.8) is 0 Å². The summed E-state index contributed by atoms with van der Waals surface area (Å²) in [4.78, 5) is 2.15. The third kappa shape index (κ3) is 22.2. The fourth-order valence-electron chi connectivity index (χ4n) is 12.2. The molecule has 0 saturated heterocycles. The van der Waals surface area contributed by atoms with Crippen molar-refractivity contribution in [2.24, 2.45) is 0 Å². The van der Waals surface area contributed by atoms with Crippen LogP contribution in [0.1, 0.15) is 67.2 Å². The Bertz CT molecular complexity index is 4240. The van der Waals surface area contributed by atoms with Gasteiger partial charge in [0.2, 0.25) is 0 Å². The molecule has 112 heavy (non-hydrogen) atoms. The summed E-state index contributed by atoms with van der Waals surface area (Å²) in [5.74, 6) is 11.0. The van der Waals surface area contributed by atoms with Gasteiger partial charge in [-0.25, -0.2) is 14.0 Å². The highest BCUT2D eigenvalue weighted by Crippen LogP contribution is 2.35. The summed E-state index contributed by atoms with van der Waals surface area (Å²) in [7, 11) is 19.3. The fourth-order valence-corrected chi connectivity index (χ4v) is 12.2. The maximum absolute atomic E-state index is 6.49. The number of methoxy groups -OCH3 is 12. The summed E-state index contributed by atoms with van der Waals surface area (Å²) in [5.41, 5.74) is 9.53. The minimum absolute atomic E-state index is 0.208. The second-order valence-electron chi connectivity index (χ2n) is 25.9. The summed E-state index contributed by atoms with van der Waals surface area (Å²) in [5, 5.41) is 28.2. The van der Waals surface area contributed by atoms with Gasteiger partial charge in [0.15, 0.2) is 0 Å². The van der Waals surface area contributed by atoms with Crippen molar-refractivity contribution < 1.29 is 85.3 Å². The molecule has 0 radical (unpaired) electrons. The number of nitrogens with zero attached hydrogens (tertiary/aromatic N) is 10. The molecule has 0 aliphatic carbocycles. The lowest BCUT2D eigenvalue weighted by atomic mass is 10.2. The molecule has 0 spiro atoms. The van der Waals surface area contributed by atoms with Crippen LogP contribution in [-0.4, -0.2) is 135 Å². The average Bonchev–Trinajstić information content (AvgIpc) is 1.78. The van der Waals surface area contributed by atoms with Crippen LogP contribution in [0, 0.1) is 0 Å². The van der Waals surface area contributed by atoms with Crippen LogP contribution in [-0.2, 0) is 78.9 Å². The van der Waals surface area contributed by atoms with Gasteiger partial charge in [-0.3, -0.25) is 4.90 Å². The van der Waals surface area contributed by atoms with Crippen LogP contribution in [0.4, 0.5) is 0 Å². The van der Waals surface area contributed by atoms with E-state index < -0.39 is 0 Å². The molecule has 584 valence electrons. The smallest absolute Gasteiger partial charge is 0.123 e. The normalized spacial score (nSPS) is 11.0. The van der Waals surface area contributed by atoms with Gasteiger partial charge in [-0.1, -0.05) is 15.6 Å². The van der Waals surface area contributed by atoms with Crippen LogP contribution >= 0.6 is 0 Å². The predicted molar refractivity (Wildman–Crippen MR) is 413 cm³/mol. The molecule has 12 rings (SSSR count). The lowest BCUT2D eigenvalue weighted by Crippen LogP contribution is -2.23. The topological polar surface area (TPSA) is 262 Å². The Hall–Kier alpha value is -13.2. The Morgan fingerprint density at radius 2 is 0.357 bits per heavy atom. The number of aromatic nitrogens is 9. The van der Waals surface area contributed by atoms with E-state index in [1.807, 2.05) is 182 Å². The Morgan fingerprint density at radius 3 is 0.518 bits per heavy atom. The number of hydrogen-bond donors (Lipinski definition) is 0. The first-order valence-electron chi connectivity index (χ1n) is 35.5. The van der Waals surface area contributed by atoms with E-state index in [9.17, 15) is 0 Å². The Morgan fingerprint density at radius 1 is 0.205 bits per heavy atom. The summed E-state index contributed by atoms with van der Waals surface area (Å²) in [6.07, 6.45) is 5.73. The molecule has 0 bridgehead atoms. The number of hydrogen-bond acceptors (Lipinski definition) is 25. The van der Waals surface area contributed by atoms with Gasteiger partial charge < -0.3 is 85.3 Å². The van der Waals surface area contributed by atoms with Crippen LogP contribution in [0.5, 0.6) is 103 Å². The average molecular weight is 1530 g/mol. The van der Waals surface area contributed by atoms with E-state index in [1.165, 1.54) is 0 Å². The molecule has 0 unspecified atom stereocenters. The van der Waals surface area contributed by atoms with Crippen LogP contribution in [0.2, 0.25) is 0 Å². The molecule has 3 heterocycles. The van der Waals surface area contributed by atoms with Gasteiger partial charge >= 0.3 is 0 Å². The van der Waals surface area contributed by atoms with E-state index in [2.05, 4.69) is 20.5 Å². The molecule has 0 amide bonds. The monoisotopic (exact) mass is 1530 g/mol. The summed E-state index contributed by atoms with van der Waals surface area (Å²) in [6, 6.07) is 50.9. The first kappa shape index (κ1) is 78.3. The zero-order valence-electron chi connectivity index (χ0n) is 64.6. The van der Waals surface area contributed by atoms with Crippen LogP contribution in [0.3, 0.4) is 0 Å². The Labute approximate surface area is 649 Å². The maximum Gasteiger partial charge on any atom is 0.123 e. The van der Waals surface area contributed by atoms with E-state index >= 15 is 0 Å². The first-order chi connectivity index (χ1) is 54.6. The Kier molecular flexibility index (Phi) is 26.7. The SMILES string of the molecule is COc1cc(COc2cc(Cn3cc(CN(Cc4cn(Cc5cc(OCc6cc(OC)cc(OC)c6)cc(OCc6cc(OC)cc(OC)c6)c5)nn4)Cc4cn(Cc5cc(OCc6cc(OC)cc(OC)c6)cc(OCc6cc(OC)cc(OC)c6)c5)nn4)nn3)cc(OCc3cc(OC)cc(OC)c3)c2)cc(OC)c1. The van der Waals surface area contributed by atoms with Crippen LogP contribution < -0.4 is 85.3 Å². The van der Waals surface area contributed by atoms with E-state index in [0.717, 1.165) is 50.1 Å². The van der Waals surface area contributed by atoms with Crippen molar-refractivity contribution >= 4 is 0 Å². The standard InChI is InChI=1S/C84H90N10O18/c1-95-67-19-58(20-68(31-67)96-2)49-107-79-13-55(14-80(37-79)108-50-59-21-69(97-3)32-70(22-59)98-4)40-92-46-64(85-88-92)43-91(44-65-47-93(89-86-65)41-56-15-81(109-51-60-23-71(99-5)33-72(24-60)100-6)38-82(16-56)110-52-61-25-73(101-7)34-74(26-61)102-8)45-66-48-94(90-87-66)42-57-17-83(111-53-62-27-75(103-9)35-76(28-62)104-10)39-84(18-57)112-54-63-29-77(105-11)36-78(30-63)106-12/h13-39,46-48H,40-45,49-54H2,1-12H3. The van der Waals surface area contributed by atoms with Gasteiger partial charge in [-0.2, -0.15) is 0 Å². The van der Waals surface area contributed by atoms with E-state index in [-0.39, 0.29) is 39.6 Å². The molecule has 3 aromatic heterocycles. The zero-order valence-corrected chi connectivity index (χ0v) is 64.6. The van der Waals surface area contributed by atoms with E-state index in [4.69, 9.17) is 101 Å². The molecule has 0 aliphatic heterocycles. The predicted octanol–water partition coefficient (Wildman–Crippen LogP) is 13.4. The molecule has 0 saturated carbocycles. The fraction of sp³-hybridized carbons (Fsp3) is 0.286. The van der Waals surface area contributed by atoms with Crippen LogP contribution in [0.25, 0.3) is 0 Å². The van der Waals surface area contributed by atoms with Crippen molar-refractivity contribution in [3.8, 4) is 103 Å². The zero-order chi connectivity index (χ0) is 78.3. The molecular formula is C84H90N10O18. The van der Waals surface area contributed by atoms with Crippen molar-refractivity contribution in [2.75, 3.05) is 85.3 Å². The third-order valence-electron chi connectivity index (χ3n) is 17.7. The second-order valence-corrected chi connectivity index (χ2v) is 25.9. The van der Waals surface area contributed by atoms with Gasteiger partial charge in [-0.05, 0) is 159 Å². The molecule has 9 aromatic carbocycles. The lowest BCUT2D eigenvalue weighted by molar-refractivity contribution is 0.238. The van der Waals surface area contributed by atoms with Crippen molar-refractivity contribution in [2.45, 2.75) is 78.9 Å². The maximum atomic E-state index is 6.49. The highest BCUT2D eigenvalue weighted by Gasteiger charge is 2.20. The van der Waals surface area contributed by atoms with E-state index in [0.29, 0.717) is 160 Å². The highest BCUT2D eigenvalue weighted by molar-refractivity contribution is 5.47. The molecule has 28 heteroatoms. The molecule has 12 aromatic rings. The van der Waals surface area contributed by atoms with Gasteiger partial charge in [0, 0.05) is 74.2 Å². The van der Waals surface area contributed by atoms with Gasteiger partial charge in [-0.15, -0.1) is 15.3 Å².